The molecule has 0 aliphatic carbocycles. The molecule has 2 unspecified atom stereocenters. The Morgan fingerprint density at radius 2 is 1.50 bits per heavy atom. The molecule has 0 aromatic heterocycles. The molecule has 2 atom stereocenters. The standard InChI is InChI=1S/C5H6S7/c6-2(7)4-10-1-11-5(12-4)3(8)9/h4-5H,1H2,(H,6,7)(H,8,9). The predicted octanol–water partition coefficient (Wildman–Crippen LogP) is 3.32. The predicted molar refractivity (Wildman–Crippen MR) is 78.4 cm³/mol. The summed E-state index contributed by atoms with van der Waals surface area (Å²) in [5.41, 5.74) is 0. The van der Waals surface area contributed by atoms with Gasteiger partial charge in [-0.3, -0.25) is 0 Å². The van der Waals surface area contributed by atoms with E-state index in [1.54, 1.807) is 11.8 Å². The van der Waals surface area contributed by atoms with Crippen LogP contribution >= 0.6 is 85.0 Å². The van der Waals surface area contributed by atoms with Gasteiger partial charge in [0.2, 0.25) is 0 Å². The van der Waals surface area contributed by atoms with Crippen LogP contribution in [-0.2, 0) is 0 Å². The number of rotatable bonds is 2. The quantitative estimate of drug-likeness (QED) is 0.589. The zero-order valence-corrected chi connectivity index (χ0v) is 11.7. The number of hydrogen-bond donors (Lipinski definition) is 2. The van der Waals surface area contributed by atoms with E-state index in [1.165, 1.54) is 0 Å². The Bertz CT molecular complexity index is 180. The third-order valence-corrected chi connectivity index (χ3v) is 7.99. The van der Waals surface area contributed by atoms with E-state index in [0.717, 1.165) is 13.5 Å². The van der Waals surface area contributed by atoms with Gasteiger partial charge in [-0.15, -0.1) is 60.5 Å². The first-order chi connectivity index (χ1) is 5.61. The van der Waals surface area contributed by atoms with Gasteiger partial charge in [0.15, 0.2) is 0 Å². The third kappa shape index (κ3) is 3.59. The van der Waals surface area contributed by atoms with E-state index >= 15 is 0 Å². The van der Waals surface area contributed by atoms with E-state index in [9.17, 15) is 0 Å². The Balaban J connectivity index is 2.51. The fraction of sp³-hybridized carbons (Fsp3) is 0.600. The molecule has 1 rings (SSSR count). The molecule has 0 saturated carbocycles. The maximum absolute atomic E-state index is 5.00. The zero-order valence-electron chi connectivity index (χ0n) is 5.80. The average Bonchev–Trinajstić information content (AvgIpc) is 2.04. The Labute approximate surface area is 107 Å². The Morgan fingerprint density at radius 3 is 1.83 bits per heavy atom. The van der Waals surface area contributed by atoms with Crippen molar-refractivity contribution in [1.29, 1.82) is 0 Å². The molecule has 7 heteroatoms. The first-order valence-electron chi connectivity index (χ1n) is 2.95. The minimum absolute atomic E-state index is 0.291. The summed E-state index contributed by atoms with van der Waals surface area (Å²) in [5, 5.41) is 1.02. The average molecular weight is 291 g/mol. The van der Waals surface area contributed by atoms with Crippen molar-refractivity contribution in [1.82, 2.24) is 0 Å². The van der Waals surface area contributed by atoms with Crippen LogP contribution in [-0.4, -0.2) is 22.6 Å². The van der Waals surface area contributed by atoms with Crippen LogP contribution < -0.4 is 0 Å². The smallest absolute Gasteiger partial charge is 0.0932 e. The first-order valence-corrected chi connectivity index (χ1v) is 7.70. The van der Waals surface area contributed by atoms with Crippen LogP contribution in [0.2, 0.25) is 0 Å². The summed E-state index contributed by atoms with van der Waals surface area (Å²) in [6.45, 7) is 0. The molecule has 68 valence electrons. The fourth-order valence-corrected chi connectivity index (χ4v) is 6.72. The second kappa shape index (κ2) is 5.72. The van der Waals surface area contributed by atoms with Crippen LogP contribution in [0.25, 0.3) is 0 Å². The normalized spacial score (nSPS) is 29.8. The van der Waals surface area contributed by atoms with E-state index < -0.39 is 0 Å². The van der Waals surface area contributed by atoms with Gasteiger partial charge in [-0.25, -0.2) is 0 Å². The Hall–Kier alpha value is 1.93. The summed E-state index contributed by atoms with van der Waals surface area (Å²) in [6.07, 6.45) is 0. The molecule has 0 amide bonds. The molecule has 0 nitrogen and oxygen atoms in total. The lowest BCUT2D eigenvalue weighted by atomic mass is 10.9. The molecule has 0 spiro atoms. The second-order valence-corrected chi connectivity index (χ2v) is 8.74. The lowest BCUT2D eigenvalue weighted by Gasteiger charge is -2.25. The van der Waals surface area contributed by atoms with Crippen molar-refractivity contribution in [2.75, 3.05) is 5.08 Å². The van der Waals surface area contributed by atoms with Gasteiger partial charge in [-0.05, 0) is 0 Å². The van der Waals surface area contributed by atoms with Crippen LogP contribution in [0.3, 0.4) is 0 Å². The molecule has 1 aliphatic heterocycles. The van der Waals surface area contributed by atoms with Gasteiger partial charge in [-0.2, -0.15) is 0 Å². The molecule has 1 aliphatic rings. The van der Waals surface area contributed by atoms with E-state index in [2.05, 4.69) is 25.3 Å². The Morgan fingerprint density at radius 1 is 1.08 bits per heavy atom. The van der Waals surface area contributed by atoms with E-state index in [-0.39, 0.29) is 0 Å². The molecule has 0 aromatic carbocycles. The molecule has 0 aromatic rings. The van der Waals surface area contributed by atoms with Crippen molar-refractivity contribution in [2.45, 2.75) is 9.16 Å². The number of thioether (sulfide) groups is 3. The van der Waals surface area contributed by atoms with Crippen molar-refractivity contribution < 1.29 is 0 Å². The molecule has 0 radical (unpaired) electrons. The maximum atomic E-state index is 5.00. The zero-order chi connectivity index (χ0) is 9.14. The lowest BCUT2D eigenvalue weighted by Crippen LogP contribution is -2.18. The summed E-state index contributed by atoms with van der Waals surface area (Å²) in [4.78, 5) is 0. The molecule has 0 N–H and O–H groups in total. The van der Waals surface area contributed by atoms with Crippen LogP contribution in [0.15, 0.2) is 0 Å². The molecular formula is C5H6S7. The van der Waals surface area contributed by atoms with Crippen LogP contribution in [0, 0.1) is 0 Å². The minimum atomic E-state index is 0.291. The van der Waals surface area contributed by atoms with Crippen molar-refractivity contribution in [2.24, 2.45) is 0 Å². The van der Waals surface area contributed by atoms with Crippen molar-refractivity contribution in [3.63, 3.8) is 0 Å². The Kier molecular flexibility index (Phi) is 5.73. The summed E-state index contributed by atoms with van der Waals surface area (Å²) in [6, 6.07) is 0. The van der Waals surface area contributed by atoms with Crippen LogP contribution in [0.4, 0.5) is 0 Å². The van der Waals surface area contributed by atoms with E-state index in [1.807, 2.05) is 23.5 Å². The molecule has 1 fully saturated rings. The monoisotopic (exact) mass is 290 g/mol. The summed E-state index contributed by atoms with van der Waals surface area (Å²) >= 11 is 23.7. The third-order valence-electron chi connectivity index (χ3n) is 1.09. The summed E-state index contributed by atoms with van der Waals surface area (Å²) < 4.78 is 2.08. The highest BCUT2D eigenvalue weighted by molar-refractivity contribution is 8.38. The van der Waals surface area contributed by atoms with Crippen molar-refractivity contribution >= 4 is 93.4 Å². The fourth-order valence-electron chi connectivity index (χ4n) is 0.613. The first kappa shape index (κ1) is 12.0. The molecule has 0 bridgehead atoms. The number of hydrogen-bond acceptors (Lipinski definition) is 5. The molecule has 1 heterocycles. The van der Waals surface area contributed by atoms with Gasteiger partial charge in [0.25, 0.3) is 0 Å². The summed E-state index contributed by atoms with van der Waals surface area (Å²) in [5.74, 6) is 0. The number of thiocarbonyl (C=S) groups is 2. The number of thiol groups is 2. The van der Waals surface area contributed by atoms with Crippen molar-refractivity contribution in [3.8, 4) is 0 Å². The van der Waals surface area contributed by atoms with Gasteiger partial charge < -0.3 is 0 Å². The molecule has 1 saturated heterocycles. The highest BCUT2D eigenvalue weighted by Gasteiger charge is 2.26. The minimum Gasteiger partial charge on any atom is -0.134 e. The van der Waals surface area contributed by atoms with Gasteiger partial charge in [0.05, 0.1) is 17.6 Å². The topological polar surface area (TPSA) is 0 Å². The lowest BCUT2D eigenvalue weighted by molar-refractivity contribution is 1.78. The van der Waals surface area contributed by atoms with Gasteiger partial charge in [0, 0.05) is 5.08 Å². The van der Waals surface area contributed by atoms with Gasteiger partial charge in [0.1, 0.15) is 0 Å². The second-order valence-electron chi connectivity index (χ2n) is 1.93. The van der Waals surface area contributed by atoms with E-state index in [0.29, 0.717) is 9.16 Å². The van der Waals surface area contributed by atoms with Crippen LogP contribution in [0.5, 0.6) is 0 Å². The van der Waals surface area contributed by atoms with Gasteiger partial charge >= 0.3 is 0 Å². The highest BCUT2D eigenvalue weighted by Crippen LogP contribution is 2.44. The summed E-state index contributed by atoms with van der Waals surface area (Å²) in [7, 11) is 0. The maximum Gasteiger partial charge on any atom is 0.0932 e. The SMILES string of the molecule is S=C(S)C1SCSC(C(=S)S)S1. The van der Waals surface area contributed by atoms with Gasteiger partial charge in [-0.1, -0.05) is 24.4 Å². The molecule has 12 heavy (non-hydrogen) atoms. The largest absolute Gasteiger partial charge is 0.134 e. The van der Waals surface area contributed by atoms with Crippen LogP contribution in [0.1, 0.15) is 0 Å². The highest BCUT2D eigenvalue weighted by atomic mass is 32.3. The van der Waals surface area contributed by atoms with Crippen molar-refractivity contribution in [3.05, 3.63) is 0 Å². The van der Waals surface area contributed by atoms with E-state index in [4.69, 9.17) is 24.4 Å². The molecular weight excluding hydrogens is 285 g/mol.